The van der Waals surface area contributed by atoms with Crippen LogP contribution in [0.25, 0.3) is 17.2 Å². The molecule has 0 radical (unpaired) electrons. The lowest BCUT2D eigenvalue weighted by atomic mass is 9.85. The highest BCUT2D eigenvalue weighted by molar-refractivity contribution is 6.00. The van der Waals surface area contributed by atoms with Crippen LogP contribution in [-0.2, 0) is 6.42 Å². The van der Waals surface area contributed by atoms with Gasteiger partial charge in [0.15, 0.2) is 0 Å². The Kier molecular flexibility index (Phi) is 6.63. The lowest BCUT2D eigenvalue weighted by Gasteiger charge is -2.33. The van der Waals surface area contributed by atoms with E-state index in [1.165, 1.54) is 74.9 Å². The monoisotopic (exact) mass is 477 g/mol. The van der Waals surface area contributed by atoms with Crippen LogP contribution < -0.4 is 0 Å². The van der Waals surface area contributed by atoms with Crippen molar-refractivity contribution in [3.05, 3.63) is 111 Å². The van der Waals surface area contributed by atoms with Gasteiger partial charge in [-0.15, -0.1) is 0 Å². The van der Waals surface area contributed by atoms with Crippen LogP contribution in [0.5, 0.6) is 0 Å². The number of aryl methyl sites for hydroxylation is 2. The van der Waals surface area contributed by atoms with E-state index in [9.17, 15) is 4.39 Å². The lowest BCUT2D eigenvalue weighted by Crippen LogP contribution is -2.40. The number of rotatable bonds is 7. The van der Waals surface area contributed by atoms with Crippen LogP contribution in [0, 0.1) is 6.92 Å². The SMILES string of the molecule is Cc1cc(C2CC2)ccc1C1=C(c2ccc(C=C3CN(CCCF)C3)cc2)c2ccccc2CCC1. The van der Waals surface area contributed by atoms with Crippen molar-refractivity contribution in [1.29, 1.82) is 0 Å². The minimum absolute atomic E-state index is 0.220. The number of alkyl halides is 1. The zero-order valence-electron chi connectivity index (χ0n) is 21.4. The number of hydrogen-bond acceptors (Lipinski definition) is 1. The summed E-state index contributed by atoms with van der Waals surface area (Å²) in [5.41, 5.74) is 14.1. The molecule has 0 atom stereocenters. The molecule has 184 valence electrons. The highest BCUT2D eigenvalue weighted by Gasteiger charge is 2.25. The Morgan fingerprint density at radius 2 is 1.72 bits per heavy atom. The largest absolute Gasteiger partial charge is 0.295 e. The van der Waals surface area contributed by atoms with Crippen molar-refractivity contribution in [2.45, 2.75) is 51.4 Å². The van der Waals surface area contributed by atoms with Gasteiger partial charge in [0.25, 0.3) is 0 Å². The zero-order valence-corrected chi connectivity index (χ0v) is 21.4. The zero-order chi connectivity index (χ0) is 24.5. The standard InChI is InChI=1S/C34H36FN/c1-24-20-30(27-14-15-27)16-17-31(24)33-9-4-7-28-6-2-3-8-32(28)34(33)29-12-10-25(11-13-29)21-26-22-36(23-26)19-5-18-35/h2-3,6,8,10-13,16-17,20-21,27H,4-5,7,9,14-15,18-19,22-23H2,1H3. The summed E-state index contributed by atoms with van der Waals surface area (Å²) in [7, 11) is 0. The third-order valence-electron chi connectivity index (χ3n) is 8.12. The molecule has 3 aromatic rings. The summed E-state index contributed by atoms with van der Waals surface area (Å²) in [6.45, 7) is 4.89. The van der Waals surface area contributed by atoms with E-state index in [-0.39, 0.29) is 6.67 Å². The summed E-state index contributed by atoms with van der Waals surface area (Å²) in [5, 5.41) is 0. The van der Waals surface area contributed by atoms with Crippen molar-refractivity contribution in [2.24, 2.45) is 0 Å². The van der Waals surface area contributed by atoms with E-state index in [1.54, 1.807) is 0 Å². The molecule has 3 aliphatic rings. The first-order valence-corrected chi connectivity index (χ1v) is 13.7. The van der Waals surface area contributed by atoms with Gasteiger partial charge < -0.3 is 0 Å². The van der Waals surface area contributed by atoms with E-state index in [1.807, 2.05) is 0 Å². The molecule has 1 saturated heterocycles. The Balaban J connectivity index is 1.36. The van der Waals surface area contributed by atoms with Gasteiger partial charge in [-0.2, -0.15) is 0 Å². The molecule has 0 unspecified atom stereocenters. The lowest BCUT2D eigenvalue weighted by molar-refractivity contribution is 0.239. The van der Waals surface area contributed by atoms with Crippen LogP contribution in [0.15, 0.2) is 72.3 Å². The molecule has 2 fully saturated rings. The number of hydrogen-bond donors (Lipinski definition) is 0. The first-order chi connectivity index (χ1) is 17.7. The maximum Gasteiger partial charge on any atom is 0.0906 e. The van der Waals surface area contributed by atoms with Crippen molar-refractivity contribution >= 4 is 17.2 Å². The fourth-order valence-electron chi connectivity index (χ4n) is 6.06. The second-order valence-electron chi connectivity index (χ2n) is 10.9. The highest BCUT2D eigenvalue weighted by atomic mass is 19.1. The molecule has 36 heavy (non-hydrogen) atoms. The Morgan fingerprint density at radius 1 is 0.917 bits per heavy atom. The summed E-state index contributed by atoms with van der Waals surface area (Å²) >= 11 is 0. The summed E-state index contributed by atoms with van der Waals surface area (Å²) in [6.07, 6.45) is 9.06. The fourth-order valence-corrected chi connectivity index (χ4v) is 6.06. The van der Waals surface area contributed by atoms with E-state index in [0.29, 0.717) is 6.42 Å². The van der Waals surface area contributed by atoms with E-state index >= 15 is 0 Å². The molecule has 0 N–H and O–H groups in total. The number of allylic oxidation sites excluding steroid dienone is 1. The number of benzene rings is 3. The highest BCUT2D eigenvalue weighted by Crippen LogP contribution is 2.44. The molecule has 1 heterocycles. The van der Waals surface area contributed by atoms with Crippen LogP contribution >= 0.6 is 0 Å². The molecule has 3 aromatic carbocycles. The van der Waals surface area contributed by atoms with Gasteiger partial charge in [-0.25, -0.2) is 0 Å². The number of nitrogens with zero attached hydrogens (tertiary/aromatic N) is 1. The topological polar surface area (TPSA) is 3.24 Å². The Bertz CT molecular complexity index is 1300. The van der Waals surface area contributed by atoms with Crippen molar-refractivity contribution in [2.75, 3.05) is 26.3 Å². The molecular formula is C34H36FN. The average molecular weight is 478 g/mol. The van der Waals surface area contributed by atoms with Gasteiger partial charge in [0.2, 0.25) is 0 Å². The van der Waals surface area contributed by atoms with Gasteiger partial charge in [0.05, 0.1) is 6.67 Å². The molecule has 1 nitrogen and oxygen atoms in total. The second kappa shape index (κ2) is 10.2. The van der Waals surface area contributed by atoms with Gasteiger partial charge in [-0.3, -0.25) is 9.29 Å². The van der Waals surface area contributed by atoms with Crippen molar-refractivity contribution in [1.82, 2.24) is 4.90 Å². The average Bonchev–Trinajstić information content (AvgIpc) is 3.73. The van der Waals surface area contributed by atoms with Crippen molar-refractivity contribution in [3.63, 3.8) is 0 Å². The van der Waals surface area contributed by atoms with Crippen LogP contribution in [0.3, 0.4) is 0 Å². The van der Waals surface area contributed by atoms with E-state index in [4.69, 9.17) is 0 Å². The van der Waals surface area contributed by atoms with Gasteiger partial charge in [-0.05, 0) is 107 Å². The summed E-state index contributed by atoms with van der Waals surface area (Å²) in [4.78, 5) is 2.32. The first-order valence-electron chi connectivity index (χ1n) is 13.7. The molecule has 0 amide bonds. The Hall–Kier alpha value is -2.97. The normalized spacial score (nSPS) is 18.0. The van der Waals surface area contributed by atoms with Crippen LogP contribution in [-0.4, -0.2) is 31.2 Å². The molecule has 0 aromatic heterocycles. The predicted molar refractivity (Wildman–Crippen MR) is 150 cm³/mol. The number of likely N-dealkylation sites (tertiary alicyclic amines) is 1. The molecular weight excluding hydrogens is 441 g/mol. The van der Waals surface area contributed by atoms with Gasteiger partial charge >= 0.3 is 0 Å². The molecule has 2 heteroatoms. The fraction of sp³-hybridized carbons (Fsp3) is 0.353. The van der Waals surface area contributed by atoms with Gasteiger partial charge in [-0.1, -0.05) is 72.8 Å². The summed E-state index contributed by atoms with van der Waals surface area (Å²) in [5.74, 6) is 0.786. The quantitative estimate of drug-likeness (QED) is 0.331. The molecule has 6 rings (SSSR count). The van der Waals surface area contributed by atoms with Crippen LogP contribution in [0.2, 0.25) is 0 Å². The maximum atomic E-state index is 12.4. The summed E-state index contributed by atoms with van der Waals surface area (Å²) < 4.78 is 12.4. The van der Waals surface area contributed by atoms with E-state index in [0.717, 1.165) is 38.4 Å². The molecule has 1 saturated carbocycles. The number of fused-ring (bicyclic) bond motifs is 1. The minimum atomic E-state index is -0.220. The molecule has 0 bridgehead atoms. The molecule has 1 aliphatic heterocycles. The minimum Gasteiger partial charge on any atom is -0.295 e. The Morgan fingerprint density at radius 3 is 2.47 bits per heavy atom. The van der Waals surface area contributed by atoms with Crippen molar-refractivity contribution < 1.29 is 4.39 Å². The van der Waals surface area contributed by atoms with Crippen LogP contribution in [0.4, 0.5) is 4.39 Å². The predicted octanol–water partition coefficient (Wildman–Crippen LogP) is 8.23. The smallest absolute Gasteiger partial charge is 0.0906 e. The third kappa shape index (κ3) is 4.84. The second-order valence-corrected chi connectivity index (χ2v) is 10.9. The summed E-state index contributed by atoms with van der Waals surface area (Å²) in [6, 6.07) is 25.4. The van der Waals surface area contributed by atoms with E-state index < -0.39 is 0 Å². The molecule has 0 spiro atoms. The third-order valence-corrected chi connectivity index (χ3v) is 8.12. The first kappa shape index (κ1) is 23.4. The molecule has 2 aliphatic carbocycles. The van der Waals surface area contributed by atoms with Gasteiger partial charge in [0.1, 0.15) is 0 Å². The van der Waals surface area contributed by atoms with Crippen molar-refractivity contribution in [3.8, 4) is 0 Å². The van der Waals surface area contributed by atoms with E-state index in [2.05, 4.69) is 84.6 Å². The number of halogens is 1. The maximum absolute atomic E-state index is 12.4. The van der Waals surface area contributed by atoms with Crippen LogP contribution in [0.1, 0.15) is 77.0 Å². The Labute approximate surface area is 215 Å². The van der Waals surface area contributed by atoms with Gasteiger partial charge in [0, 0.05) is 19.6 Å².